The fourth-order valence-electron chi connectivity index (χ4n) is 2.67. The molecule has 1 heterocycles. The van der Waals surface area contributed by atoms with Gasteiger partial charge in [-0.05, 0) is 12.1 Å². The first-order valence-corrected chi connectivity index (χ1v) is 9.38. The molecular formula is C20H23ClN4O3S. The van der Waals surface area contributed by atoms with Gasteiger partial charge in [0.05, 0.1) is 0 Å². The Balaban J connectivity index is 0.00000300. The summed E-state index contributed by atoms with van der Waals surface area (Å²) in [6.07, 6.45) is -0.643. The van der Waals surface area contributed by atoms with Crippen LogP contribution in [-0.4, -0.2) is 53.6 Å². The first-order chi connectivity index (χ1) is 13.6. The molecule has 2 aromatic carbocycles. The van der Waals surface area contributed by atoms with Crippen molar-refractivity contribution in [3.05, 3.63) is 64.9 Å². The van der Waals surface area contributed by atoms with Gasteiger partial charge in [0.2, 0.25) is 0 Å². The van der Waals surface area contributed by atoms with E-state index in [1.807, 2.05) is 54.6 Å². The number of hydrogen-bond acceptors (Lipinski definition) is 6. The maximum absolute atomic E-state index is 12.4. The van der Waals surface area contributed by atoms with Crippen LogP contribution in [-0.2, 0) is 0 Å². The number of nitrogens with one attached hydrogen (secondary N) is 3. The molecule has 1 aromatic heterocycles. The SMILES string of the molecule is Cl.O=C(NCCNCC(O)COc1ccccc1)c1n[nH]c(=S)c2ccccc12. The lowest BCUT2D eigenvalue weighted by Crippen LogP contribution is -2.37. The summed E-state index contributed by atoms with van der Waals surface area (Å²) in [5.41, 5.74) is 0.306. The number of ether oxygens (including phenoxy) is 1. The topological polar surface area (TPSA) is 99.3 Å². The van der Waals surface area contributed by atoms with Crippen LogP contribution in [0.15, 0.2) is 54.6 Å². The van der Waals surface area contributed by atoms with Crippen molar-refractivity contribution in [1.29, 1.82) is 0 Å². The van der Waals surface area contributed by atoms with Crippen molar-refractivity contribution in [2.24, 2.45) is 0 Å². The van der Waals surface area contributed by atoms with Gasteiger partial charge in [0.25, 0.3) is 5.91 Å². The molecule has 0 radical (unpaired) electrons. The number of carbonyl (C=O) groups is 1. The number of aliphatic hydroxyl groups is 1. The summed E-state index contributed by atoms with van der Waals surface area (Å²) in [6, 6.07) is 16.7. The molecule has 7 nitrogen and oxygen atoms in total. The van der Waals surface area contributed by atoms with Gasteiger partial charge in [0, 0.05) is 30.4 Å². The zero-order chi connectivity index (χ0) is 19.8. The average molecular weight is 435 g/mol. The van der Waals surface area contributed by atoms with Gasteiger partial charge in [-0.25, -0.2) is 0 Å². The first-order valence-electron chi connectivity index (χ1n) is 8.97. The van der Waals surface area contributed by atoms with Crippen LogP contribution >= 0.6 is 24.6 Å². The summed E-state index contributed by atoms with van der Waals surface area (Å²) in [6.45, 7) is 1.47. The van der Waals surface area contributed by atoms with E-state index in [9.17, 15) is 9.90 Å². The van der Waals surface area contributed by atoms with Gasteiger partial charge >= 0.3 is 0 Å². The molecule has 0 fully saturated rings. The van der Waals surface area contributed by atoms with E-state index in [-0.39, 0.29) is 24.9 Å². The van der Waals surface area contributed by atoms with Crippen molar-refractivity contribution in [2.45, 2.75) is 6.10 Å². The highest BCUT2D eigenvalue weighted by atomic mass is 35.5. The molecule has 4 N–H and O–H groups in total. The van der Waals surface area contributed by atoms with E-state index in [0.717, 1.165) is 11.1 Å². The monoisotopic (exact) mass is 434 g/mol. The summed E-state index contributed by atoms with van der Waals surface area (Å²) in [4.78, 5) is 12.4. The van der Waals surface area contributed by atoms with Crippen LogP contribution in [0.1, 0.15) is 10.5 Å². The summed E-state index contributed by atoms with van der Waals surface area (Å²) in [7, 11) is 0. The van der Waals surface area contributed by atoms with Crippen LogP contribution in [0.25, 0.3) is 10.8 Å². The van der Waals surface area contributed by atoms with Crippen molar-refractivity contribution >= 4 is 41.3 Å². The Morgan fingerprint density at radius 2 is 1.79 bits per heavy atom. The van der Waals surface area contributed by atoms with Crippen LogP contribution in [0.4, 0.5) is 0 Å². The maximum atomic E-state index is 12.4. The standard InChI is InChI=1S/C20H22N4O3S.ClH/c25-14(13-27-15-6-2-1-3-7-15)12-21-10-11-22-19(26)18-16-8-4-5-9-17(16)20(28)24-23-18;/h1-9,14,21,25H,10-13H2,(H,22,26)(H,24,28);1H. The highest BCUT2D eigenvalue weighted by molar-refractivity contribution is 7.71. The third-order valence-electron chi connectivity index (χ3n) is 4.06. The Hall–Kier alpha value is -2.52. The van der Waals surface area contributed by atoms with E-state index in [4.69, 9.17) is 17.0 Å². The molecule has 0 aliphatic carbocycles. The number of carbonyl (C=O) groups excluding carboxylic acids is 1. The third kappa shape index (κ3) is 6.50. The van der Waals surface area contributed by atoms with Gasteiger partial charge in [-0.15, -0.1) is 12.4 Å². The number of aliphatic hydroxyl groups excluding tert-OH is 1. The highest BCUT2D eigenvalue weighted by Gasteiger charge is 2.12. The molecule has 0 spiro atoms. The smallest absolute Gasteiger partial charge is 0.272 e. The Morgan fingerprint density at radius 3 is 2.55 bits per heavy atom. The Bertz CT molecular complexity index is 984. The summed E-state index contributed by atoms with van der Waals surface area (Å²) >= 11 is 5.21. The molecule has 0 aliphatic rings. The lowest BCUT2D eigenvalue weighted by Gasteiger charge is -2.13. The molecule has 3 rings (SSSR count). The van der Waals surface area contributed by atoms with E-state index < -0.39 is 6.10 Å². The van der Waals surface area contributed by atoms with Crippen LogP contribution in [0.3, 0.4) is 0 Å². The van der Waals surface area contributed by atoms with Gasteiger partial charge in [-0.1, -0.05) is 54.7 Å². The quantitative estimate of drug-likeness (QED) is 0.305. The number of aromatic nitrogens is 2. The average Bonchev–Trinajstić information content (AvgIpc) is 2.73. The molecular weight excluding hydrogens is 412 g/mol. The maximum Gasteiger partial charge on any atom is 0.272 e. The number of nitrogens with zero attached hydrogens (tertiary/aromatic N) is 1. The third-order valence-corrected chi connectivity index (χ3v) is 4.38. The van der Waals surface area contributed by atoms with Crippen LogP contribution in [0, 0.1) is 4.64 Å². The zero-order valence-electron chi connectivity index (χ0n) is 15.6. The van der Waals surface area contributed by atoms with E-state index in [1.165, 1.54) is 0 Å². The second kappa shape index (κ2) is 11.5. The molecule has 154 valence electrons. The molecule has 1 atom stereocenters. The van der Waals surface area contributed by atoms with E-state index in [1.54, 1.807) is 0 Å². The fraction of sp³-hybridized carbons (Fsp3) is 0.250. The van der Waals surface area contributed by atoms with Gasteiger partial charge in [0.1, 0.15) is 23.1 Å². The number of para-hydroxylation sites is 1. The predicted molar refractivity (Wildman–Crippen MR) is 117 cm³/mol. The van der Waals surface area contributed by atoms with Crippen molar-refractivity contribution in [2.75, 3.05) is 26.2 Å². The first kappa shape index (κ1) is 22.8. The number of hydrogen-bond donors (Lipinski definition) is 4. The largest absolute Gasteiger partial charge is 0.491 e. The second-order valence-electron chi connectivity index (χ2n) is 6.18. The van der Waals surface area contributed by atoms with Crippen LogP contribution in [0.5, 0.6) is 5.75 Å². The van der Waals surface area contributed by atoms with Crippen molar-refractivity contribution in [3.8, 4) is 5.75 Å². The van der Waals surface area contributed by atoms with E-state index in [2.05, 4.69) is 20.8 Å². The Morgan fingerprint density at radius 1 is 1.10 bits per heavy atom. The highest BCUT2D eigenvalue weighted by Crippen LogP contribution is 2.16. The van der Waals surface area contributed by atoms with Gasteiger partial charge in [-0.2, -0.15) is 5.10 Å². The fourth-order valence-corrected chi connectivity index (χ4v) is 2.90. The predicted octanol–water partition coefficient (Wildman–Crippen LogP) is 2.47. The molecule has 0 bridgehead atoms. The molecule has 1 unspecified atom stereocenters. The molecule has 0 saturated carbocycles. The van der Waals surface area contributed by atoms with Gasteiger partial charge in [0.15, 0.2) is 5.69 Å². The number of aromatic amines is 1. The summed E-state index contributed by atoms with van der Waals surface area (Å²) in [5, 5.41) is 24.1. The Kier molecular flexibility index (Phi) is 9.01. The number of halogens is 1. The van der Waals surface area contributed by atoms with E-state index >= 15 is 0 Å². The number of H-pyrrole nitrogens is 1. The molecule has 9 heteroatoms. The van der Waals surface area contributed by atoms with Gasteiger partial charge in [-0.3, -0.25) is 9.89 Å². The lowest BCUT2D eigenvalue weighted by atomic mass is 10.1. The van der Waals surface area contributed by atoms with Crippen LogP contribution < -0.4 is 15.4 Å². The zero-order valence-corrected chi connectivity index (χ0v) is 17.3. The van der Waals surface area contributed by atoms with Crippen molar-refractivity contribution in [3.63, 3.8) is 0 Å². The van der Waals surface area contributed by atoms with E-state index in [0.29, 0.717) is 35.4 Å². The van der Waals surface area contributed by atoms with Gasteiger partial charge < -0.3 is 20.5 Å². The number of rotatable bonds is 9. The molecule has 29 heavy (non-hydrogen) atoms. The lowest BCUT2D eigenvalue weighted by molar-refractivity contribution is 0.0946. The normalized spacial score (nSPS) is 11.5. The molecule has 3 aromatic rings. The minimum Gasteiger partial charge on any atom is -0.491 e. The van der Waals surface area contributed by atoms with Crippen molar-refractivity contribution < 1.29 is 14.6 Å². The summed E-state index contributed by atoms with van der Waals surface area (Å²) in [5.74, 6) is 0.438. The van der Waals surface area contributed by atoms with Crippen LogP contribution in [0.2, 0.25) is 0 Å². The van der Waals surface area contributed by atoms with Crippen molar-refractivity contribution in [1.82, 2.24) is 20.8 Å². The number of benzene rings is 2. The second-order valence-corrected chi connectivity index (χ2v) is 6.59. The number of amides is 1. The minimum atomic E-state index is -0.643. The number of fused-ring (bicyclic) bond motifs is 1. The minimum absolute atomic E-state index is 0. The molecule has 0 saturated heterocycles. The molecule has 1 amide bonds. The Labute approximate surface area is 179 Å². The summed E-state index contributed by atoms with van der Waals surface area (Å²) < 4.78 is 5.99. The molecule has 0 aliphatic heterocycles.